The quantitative estimate of drug-likeness (QED) is 0.791. The Morgan fingerprint density at radius 3 is 2.33 bits per heavy atom. The largest absolute Gasteiger partial charge is 0.407 e. The predicted octanol–water partition coefficient (Wildman–Crippen LogP) is 4.29. The first-order valence-electron chi connectivity index (χ1n) is 8.35. The lowest BCUT2D eigenvalue weighted by Gasteiger charge is -2.22. The smallest absolute Gasteiger partial charge is 0.314 e. The highest BCUT2D eigenvalue weighted by molar-refractivity contribution is 6.02. The van der Waals surface area contributed by atoms with Crippen LogP contribution in [0.5, 0.6) is 0 Å². The van der Waals surface area contributed by atoms with E-state index >= 15 is 0 Å². The predicted molar refractivity (Wildman–Crippen MR) is 96.3 cm³/mol. The summed E-state index contributed by atoms with van der Waals surface area (Å²) in [6.07, 6.45) is 1.08. The Balaban J connectivity index is 1.82. The average molecular weight is 321 g/mol. The number of carbonyl (C=O) groups excluding carboxylic acids is 1. The van der Waals surface area contributed by atoms with Crippen molar-refractivity contribution in [3.8, 4) is 0 Å². The van der Waals surface area contributed by atoms with Crippen LogP contribution in [0, 0.1) is 0 Å². The topological polar surface area (TPSA) is 38.7 Å². The molecule has 0 radical (unpaired) electrons. The molecule has 3 heteroatoms. The summed E-state index contributed by atoms with van der Waals surface area (Å²) in [6, 6.07) is 18.2. The van der Waals surface area contributed by atoms with Crippen molar-refractivity contribution in [2.24, 2.45) is 4.99 Å². The van der Waals surface area contributed by atoms with E-state index < -0.39 is 0 Å². The van der Waals surface area contributed by atoms with Crippen LogP contribution < -0.4 is 0 Å². The number of ether oxygens (including phenoxy) is 1. The highest BCUT2D eigenvalue weighted by Crippen LogP contribution is 2.23. The van der Waals surface area contributed by atoms with Gasteiger partial charge in [-0.1, -0.05) is 63.2 Å². The van der Waals surface area contributed by atoms with Gasteiger partial charge >= 0.3 is 5.97 Å². The van der Waals surface area contributed by atoms with Crippen molar-refractivity contribution in [2.75, 3.05) is 0 Å². The van der Waals surface area contributed by atoms with Gasteiger partial charge in [0.2, 0.25) is 5.90 Å². The fourth-order valence-electron chi connectivity index (χ4n) is 2.83. The summed E-state index contributed by atoms with van der Waals surface area (Å²) in [6.45, 7) is 6.53. The first-order chi connectivity index (χ1) is 11.4. The highest BCUT2D eigenvalue weighted by Gasteiger charge is 2.24. The Morgan fingerprint density at radius 2 is 1.71 bits per heavy atom. The molecule has 0 spiro atoms. The number of aliphatic imine (C=N–C) groups is 1. The molecule has 0 aliphatic carbocycles. The number of benzene rings is 2. The number of cyclic esters (lactones) is 1. The van der Waals surface area contributed by atoms with Crippen molar-refractivity contribution in [3.05, 3.63) is 71.3 Å². The maximum atomic E-state index is 12.0. The lowest BCUT2D eigenvalue weighted by Crippen LogP contribution is -2.27. The van der Waals surface area contributed by atoms with Gasteiger partial charge in [-0.15, -0.1) is 0 Å². The second kappa shape index (κ2) is 6.60. The van der Waals surface area contributed by atoms with Gasteiger partial charge in [0.05, 0.1) is 12.5 Å². The van der Waals surface area contributed by atoms with Crippen LogP contribution in [0.4, 0.5) is 0 Å². The molecular weight excluding hydrogens is 298 g/mol. The van der Waals surface area contributed by atoms with Crippen molar-refractivity contribution in [2.45, 2.75) is 45.1 Å². The zero-order chi connectivity index (χ0) is 17.2. The van der Waals surface area contributed by atoms with E-state index in [1.165, 1.54) is 11.1 Å². The number of rotatable bonds is 3. The minimum absolute atomic E-state index is 0.0639. The fourth-order valence-corrected chi connectivity index (χ4v) is 2.83. The first-order valence-corrected chi connectivity index (χ1v) is 8.35. The number of nitrogens with zero attached hydrogens (tertiary/aromatic N) is 1. The molecule has 0 saturated carbocycles. The van der Waals surface area contributed by atoms with Gasteiger partial charge in [-0.2, -0.15) is 0 Å². The molecule has 3 nitrogen and oxygen atoms in total. The van der Waals surface area contributed by atoms with Crippen LogP contribution in [0.25, 0.3) is 0 Å². The Hall–Kier alpha value is -2.42. The number of esters is 1. The van der Waals surface area contributed by atoms with Crippen LogP contribution in [-0.2, 0) is 21.4 Å². The molecule has 0 bridgehead atoms. The van der Waals surface area contributed by atoms with Gasteiger partial charge in [-0.3, -0.25) is 4.79 Å². The van der Waals surface area contributed by atoms with E-state index in [9.17, 15) is 4.79 Å². The second-order valence-corrected chi connectivity index (χ2v) is 7.28. The van der Waals surface area contributed by atoms with Gasteiger partial charge in [0.25, 0.3) is 0 Å². The summed E-state index contributed by atoms with van der Waals surface area (Å²) >= 11 is 0. The van der Waals surface area contributed by atoms with E-state index in [1.54, 1.807) is 0 Å². The third-order valence-corrected chi connectivity index (χ3v) is 4.22. The summed E-state index contributed by atoms with van der Waals surface area (Å²) in [4.78, 5) is 16.6. The molecule has 1 heterocycles. The third kappa shape index (κ3) is 3.91. The Bertz CT molecular complexity index is 740. The summed E-state index contributed by atoms with van der Waals surface area (Å²) in [5, 5.41) is 0. The monoisotopic (exact) mass is 321 g/mol. The SMILES string of the molecule is CC(C)(C)c1ccc(C2=NC(Cc3ccccc3)CC(=O)O2)cc1. The van der Waals surface area contributed by atoms with Gasteiger partial charge in [0, 0.05) is 5.56 Å². The average Bonchev–Trinajstić information content (AvgIpc) is 2.54. The molecule has 0 fully saturated rings. The van der Waals surface area contributed by atoms with Gasteiger partial charge in [-0.05, 0) is 35.1 Å². The number of carbonyl (C=O) groups is 1. The van der Waals surface area contributed by atoms with E-state index in [1.807, 2.05) is 30.3 Å². The highest BCUT2D eigenvalue weighted by atomic mass is 16.5. The summed E-state index contributed by atoms with van der Waals surface area (Å²) < 4.78 is 5.38. The van der Waals surface area contributed by atoms with Crippen LogP contribution in [-0.4, -0.2) is 17.9 Å². The molecule has 0 aromatic heterocycles. The van der Waals surface area contributed by atoms with Gasteiger partial charge in [0.1, 0.15) is 0 Å². The van der Waals surface area contributed by atoms with Crippen molar-refractivity contribution in [1.82, 2.24) is 0 Å². The molecule has 1 atom stereocenters. The maximum Gasteiger partial charge on any atom is 0.314 e. The molecule has 1 aliphatic heterocycles. The zero-order valence-electron chi connectivity index (χ0n) is 14.5. The normalized spacial score (nSPS) is 18.0. The van der Waals surface area contributed by atoms with Crippen LogP contribution in [0.2, 0.25) is 0 Å². The van der Waals surface area contributed by atoms with Crippen molar-refractivity contribution in [1.29, 1.82) is 0 Å². The molecule has 24 heavy (non-hydrogen) atoms. The molecule has 1 aliphatic rings. The van der Waals surface area contributed by atoms with E-state index in [0.717, 1.165) is 12.0 Å². The van der Waals surface area contributed by atoms with E-state index in [4.69, 9.17) is 4.74 Å². The van der Waals surface area contributed by atoms with Crippen LogP contribution >= 0.6 is 0 Å². The van der Waals surface area contributed by atoms with Crippen LogP contribution in [0.3, 0.4) is 0 Å². The molecule has 3 rings (SSSR count). The van der Waals surface area contributed by atoms with Gasteiger partial charge in [0.15, 0.2) is 0 Å². The maximum absolute atomic E-state index is 12.0. The van der Waals surface area contributed by atoms with E-state index in [2.05, 4.69) is 50.0 Å². The van der Waals surface area contributed by atoms with E-state index in [0.29, 0.717) is 12.3 Å². The molecule has 0 saturated heterocycles. The second-order valence-electron chi connectivity index (χ2n) is 7.28. The minimum atomic E-state index is -0.208. The molecule has 1 unspecified atom stereocenters. The molecule has 124 valence electrons. The van der Waals surface area contributed by atoms with Crippen LogP contribution in [0.15, 0.2) is 59.6 Å². The standard InChI is InChI=1S/C21H23NO2/c1-21(2,3)17-11-9-16(10-12-17)20-22-18(14-19(23)24-20)13-15-7-5-4-6-8-15/h4-12,18H,13-14H2,1-3H3. The van der Waals surface area contributed by atoms with Crippen molar-refractivity contribution < 1.29 is 9.53 Å². The zero-order valence-corrected chi connectivity index (χ0v) is 14.5. The number of hydrogen-bond donors (Lipinski definition) is 0. The Labute approximate surface area is 143 Å². The first kappa shape index (κ1) is 16.4. The summed E-state index contributed by atoms with van der Waals surface area (Å²) in [7, 11) is 0. The Kier molecular flexibility index (Phi) is 4.52. The lowest BCUT2D eigenvalue weighted by molar-refractivity contribution is -0.136. The molecule has 0 amide bonds. The fraction of sp³-hybridized carbons (Fsp3) is 0.333. The molecule has 2 aromatic rings. The van der Waals surface area contributed by atoms with E-state index in [-0.39, 0.29) is 17.4 Å². The van der Waals surface area contributed by atoms with Gasteiger partial charge < -0.3 is 4.74 Å². The third-order valence-electron chi connectivity index (χ3n) is 4.22. The van der Waals surface area contributed by atoms with Crippen LogP contribution in [0.1, 0.15) is 43.9 Å². The summed E-state index contributed by atoms with van der Waals surface area (Å²) in [5.41, 5.74) is 3.38. The minimum Gasteiger partial charge on any atom is -0.407 e. The van der Waals surface area contributed by atoms with Crippen molar-refractivity contribution in [3.63, 3.8) is 0 Å². The molecule has 0 N–H and O–H groups in total. The summed E-state index contributed by atoms with van der Waals surface area (Å²) in [5.74, 6) is 0.230. The van der Waals surface area contributed by atoms with Gasteiger partial charge in [-0.25, -0.2) is 4.99 Å². The van der Waals surface area contributed by atoms with Crippen molar-refractivity contribution >= 4 is 11.9 Å². The Morgan fingerprint density at radius 1 is 1.04 bits per heavy atom. The lowest BCUT2D eigenvalue weighted by atomic mass is 9.86. The molecular formula is C21H23NO2. The molecule has 2 aromatic carbocycles. The number of hydrogen-bond acceptors (Lipinski definition) is 3.